The van der Waals surface area contributed by atoms with Crippen LogP contribution in [0.4, 0.5) is 5.69 Å². The molecule has 0 aliphatic heterocycles. The standard InChI is InChI=1S/C21H23BrN2O3/c1-21(2,3)24-20(26)14-5-9-17(10-6-14)23-19(25)12-7-15-13-16(22)8-11-18(15)27-4/h5-13H,1-4H3,(H,23,25)(H,24,26)/b12-7+. The van der Waals surface area contributed by atoms with Crippen molar-refractivity contribution < 1.29 is 14.3 Å². The van der Waals surface area contributed by atoms with E-state index in [1.54, 1.807) is 37.5 Å². The van der Waals surface area contributed by atoms with Crippen molar-refractivity contribution >= 4 is 39.5 Å². The van der Waals surface area contributed by atoms with Crippen molar-refractivity contribution in [2.75, 3.05) is 12.4 Å². The second-order valence-corrected chi connectivity index (χ2v) is 7.91. The van der Waals surface area contributed by atoms with Gasteiger partial charge in [-0.3, -0.25) is 9.59 Å². The van der Waals surface area contributed by atoms with Gasteiger partial charge in [-0.15, -0.1) is 0 Å². The van der Waals surface area contributed by atoms with E-state index >= 15 is 0 Å². The molecule has 0 bridgehead atoms. The molecule has 2 N–H and O–H groups in total. The molecule has 0 spiro atoms. The fraction of sp³-hybridized carbons (Fsp3) is 0.238. The summed E-state index contributed by atoms with van der Waals surface area (Å²) in [6, 6.07) is 12.3. The maximum atomic E-state index is 12.1. The first kappa shape index (κ1) is 20.7. The smallest absolute Gasteiger partial charge is 0.251 e. The summed E-state index contributed by atoms with van der Waals surface area (Å²) in [5, 5.41) is 5.66. The molecule has 142 valence electrons. The van der Waals surface area contributed by atoms with Gasteiger partial charge in [-0.2, -0.15) is 0 Å². The lowest BCUT2D eigenvalue weighted by atomic mass is 10.1. The number of methoxy groups -OCH3 is 1. The molecule has 0 aromatic heterocycles. The number of hydrogen-bond donors (Lipinski definition) is 2. The molecule has 0 aliphatic rings. The van der Waals surface area contributed by atoms with Crippen LogP contribution in [-0.4, -0.2) is 24.5 Å². The van der Waals surface area contributed by atoms with Gasteiger partial charge < -0.3 is 15.4 Å². The van der Waals surface area contributed by atoms with Crippen LogP contribution in [0.5, 0.6) is 5.75 Å². The van der Waals surface area contributed by atoms with Gasteiger partial charge in [-0.05, 0) is 69.3 Å². The molecule has 0 atom stereocenters. The lowest BCUT2D eigenvalue weighted by Gasteiger charge is -2.20. The van der Waals surface area contributed by atoms with E-state index in [2.05, 4.69) is 26.6 Å². The van der Waals surface area contributed by atoms with Crippen LogP contribution in [0, 0.1) is 0 Å². The van der Waals surface area contributed by atoms with Crippen molar-refractivity contribution in [3.63, 3.8) is 0 Å². The fourth-order valence-electron chi connectivity index (χ4n) is 2.30. The summed E-state index contributed by atoms with van der Waals surface area (Å²) in [4.78, 5) is 24.3. The van der Waals surface area contributed by atoms with Crippen LogP contribution >= 0.6 is 15.9 Å². The summed E-state index contributed by atoms with van der Waals surface area (Å²) >= 11 is 3.40. The average molecular weight is 431 g/mol. The number of carbonyl (C=O) groups excluding carboxylic acids is 2. The van der Waals surface area contributed by atoms with E-state index < -0.39 is 0 Å². The van der Waals surface area contributed by atoms with Crippen molar-refractivity contribution in [3.05, 3.63) is 64.1 Å². The Hall–Kier alpha value is -2.60. The molecule has 0 saturated carbocycles. The second-order valence-electron chi connectivity index (χ2n) is 6.99. The average Bonchev–Trinajstić information content (AvgIpc) is 2.59. The molecule has 2 aromatic carbocycles. The van der Waals surface area contributed by atoms with Crippen LogP contribution in [0.25, 0.3) is 6.08 Å². The number of amides is 2. The summed E-state index contributed by atoms with van der Waals surface area (Å²) in [7, 11) is 1.58. The molecule has 0 fully saturated rings. The van der Waals surface area contributed by atoms with Crippen LogP contribution < -0.4 is 15.4 Å². The SMILES string of the molecule is COc1ccc(Br)cc1/C=C/C(=O)Nc1ccc(C(=O)NC(C)(C)C)cc1. The summed E-state index contributed by atoms with van der Waals surface area (Å²) in [6.07, 6.45) is 3.12. The number of anilines is 1. The van der Waals surface area contributed by atoms with E-state index in [4.69, 9.17) is 4.74 Å². The third kappa shape index (κ3) is 6.57. The first-order valence-electron chi connectivity index (χ1n) is 8.43. The predicted molar refractivity (Wildman–Crippen MR) is 112 cm³/mol. The zero-order valence-corrected chi connectivity index (χ0v) is 17.4. The highest BCUT2D eigenvalue weighted by Gasteiger charge is 2.15. The van der Waals surface area contributed by atoms with Crippen molar-refractivity contribution in [1.29, 1.82) is 0 Å². The Morgan fingerprint density at radius 1 is 1.07 bits per heavy atom. The van der Waals surface area contributed by atoms with Gasteiger partial charge in [-0.1, -0.05) is 15.9 Å². The fourth-order valence-corrected chi connectivity index (χ4v) is 2.68. The van der Waals surface area contributed by atoms with Gasteiger partial charge in [0.15, 0.2) is 0 Å². The van der Waals surface area contributed by atoms with Crippen LogP contribution in [0.3, 0.4) is 0 Å². The summed E-state index contributed by atoms with van der Waals surface area (Å²) in [6.45, 7) is 5.77. The van der Waals surface area contributed by atoms with E-state index in [0.29, 0.717) is 17.0 Å². The van der Waals surface area contributed by atoms with E-state index in [1.807, 2.05) is 39.0 Å². The van der Waals surface area contributed by atoms with Gasteiger partial charge in [0.1, 0.15) is 5.75 Å². The Labute approximate surface area is 167 Å². The maximum absolute atomic E-state index is 12.1. The first-order chi connectivity index (χ1) is 12.7. The molecule has 0 aliphatic carbocycles. The topological polar surface area (TPSA) is 67.4 Å². The summed E-state index contributed by atoms with van der Waals surface area (Å²) < 4.78 is 6.18. The Kier molecular flexibility index (Phi) is 6.80. The number of benzene rings is 2. The Bertz CT molecular complexity index is 853. The molecule has 2 aromatic rings. The predicted octanol–water partition coefficient (Wildman–Crippen LogP) is 4.64. The first-order valence-corrected chi connectivity index (χ1v) is 9.22. The molecule has 5 nitrogen and oxygen atoms in total. The van der Waals surface area contributed by atoms with Crippen LogP contribution in [0.1, 0.15) is 36.7 Å². The Morgan fingerprint density at radius 3 is 2.33 bits per heavy atom. The highest BCUT2D eigenvalue weighted by atomic mass is 79.9. The molecular weight excluding hydrogens is 408 g/mol. The minimum absolute atomic E-state index is 0.151. The Morgan fingerprint density at radius 2 is 1.74 bits per heavy atom. The van der Waals surface area contributed by atoms with Crippen LogP contribution in [-0.2, 0) is 4.79 Å². The lowest BCUT2D eigenvalue weighted by molar-refractivity contribution is -0.111. The Balaban J connectivity index is 2.02. The summed E-state index contributed by atoms with van der Waals surface area (Å²) in [5.41, 5.74) is 1.63. The molecule has 0 saturated heterocycles. The molecule has 2 amide bonds. The van der Waals surface area contributed by atoms with Crippen molar-refractivity contribution in [2.24, 2.45) is 0 Å². The largest absolute Gasteiger partial charge is 0.496 e. The van der Waals surface area contributed by atoms with Crippen molar-refractivity contribution in [1.82, 2.24) is 5.32 Å². The molecule has 2 rings (SSSR count). The minimum atomic E-state index is -0.303. The molecule has 0 radical (unpaired) electrons. The zero-order valence-electron chi connectivity index (χ0n) is 15.8. The second kappa shape index (κ2) is 8.86. The van der Waals surface area contributed by atoms with Crippen molar-refractivity contribution in [3.8, 4) is 5.75 Å². The third-order valence-corrected chi connectivity index (χ3v) is 4.00. The van der Waals surface area contributed by atoms with E-state index in [0.717, 1.165) is 10.0 Å². The number of nitrogens with one attached hydrogen (secondary N) is 2. The van der Waals surface area contributed by atoms with Gasteiger partial charge in [0.25, 0.3) is 5.91 Å². The van der Waals surface area contributed by atoms with E-state index in [1.165, 1.54) is 6.08 Å². The number of carbonyl (C=O) groups is 2. The summed E-state index contributed by atoms with van der Waals surface area (Å²) in [5.74, 6) is 0.252. The zero-order chi connectivity index (χ0) is 20.0. The number of rotatable bonds is 5. The minimum Gasteiger partial charge on any atom is -0.496 e. The quantitative estimate of drug-likeness (QED) is 0.678. The normalized spacial score (nSPS) is 11.3. The highest BCUT2D eigenvalue weighted by molar-refractivity contribution is 9.10. The van der Waals surface area contributed by atoms with Crippen LogP contribution in [0.15, 0.2) is 53.0 Å². The number of ether oxygens (including phenoxy) is 1. The number of hydrogen-bond acceptors (Lipinski definition) is 3. The number of halogens is 1. The molecule has 6 heteroatoms. The van der Waals surface area contributed by atoms with Gasteiger partial charge in [0.05, 0.1) is 7.11 Å². The third-order valence-electron chi connectivity index (χ3n) is 3.51. The van der Waals surface area contributed by atoms with Gasteiger partial charge in [-0.25, -0.2) is 0 Å². The maximum Gasteiger partial charge on any atom is 0.251 e. The van der Waals surface area contributed by atoms with E-state index in [-0.39, 0.29) is 17.4 Å². The highest BCUT2D eigenvalue weighted by Crippen LogP contribution is 2.24. The van der Waals surface area contributed by atoms with Gasteiger partial charge in [0.2, 0.25) is 5.91 Å². The van der Waals surface area contributed by atoms with E-state index in [9.17, 15) is 9.59 Å². The van der Waals surface area contributed by atoms with Gasteiger partial charge in [0, 0.05) is 32.9 Å². The molecule has 0 unspecified atom stereocenters. The van der Waals surface area contributed by atoms with Crippen LogP contribution in [0.2, 0.25) is 0 Å². The molecular formula is C21H23BrN2O3. The lowest BCUT2D eigenvalue weighted by Crippen LogP contribution is -2.40. The van der Waals surface area contributed by atoms with Gasteiger partial charge >= 0.3 is 0 Å². The van der Waals surface area contributed by atoms with Crippen molar-refractivity contribution in [2.45, 2.75) is 26.3 Å². The molecule has 0 heterocycles. The monoisotopic (exact) mass is 430 g/mol. The molecule has 27 heavy (non-hydrogen) atoms.